The van der Waals surface area contributed by atoms with E-state index in [-0.39, 0.29) is 0 Å². The summed E-state index contributed by atoms with van der Waals surface area (Å²) in [7, 11) is 0. The molecule has 0 aliphatic carbocycles. The number of furan rings is 4. The number of hydrogen-bond donors (Lipinski definition) is 0. The first kappa shape index (κ1) is 38.8. The van der Waals surface area contributed by atoms with Crippen molar-refractivity contribution in [1.29, 1.82) is 0 Å². The predicted octanol–water partition coefficient (Wildman–Crippen LogP) is 19.1. The van der Waals surface area contributed by atoms with Crippen LogP contribution in [-0.4, -0.2) is 0 Å². The summed E-state index contributed by atoms with van der Waals surface area (Å²) in [5.74, 6) is 0. The lowest BCUT2D eigenvalue weighted by Gasteiger charge is -2.27. The molecule has 6 nitrogen and oxygen atoms in total. The highest BCUT2D eigenvalue weighted by molar-refractivity contribution is 6.21. The van der Waals surface area contributed by atoms with Crippen LogP contribution in [0.2, 0.25) is 0 Å². The van der Waals surface area contributed by atoms with E-state index >= 15 is 0 Å². The zero-order valence-electron chi connectivity index (χ0n) is 38.2. The Hall–Kier alpha value is -9.26. The molecule has 0 saturated heterocycles. The van der Waals surface area contributed by atoms with Gasteiger partial charge in [0.25, 0.3) is 0 Å². The third-order valence-electron chi connectivity index (χ3n) is 14.4. The average Bonchev–Trinajstić information content (AvgIpc) is 4.16. The smallest absolute Gasteiger partial charge is 0.178 e. The van der Waals surface area contributed by atoms with Crippen molar-refractivity contribution < 1.29 is 17.7 Å². The van der Waals surface area contributed by atoms with Crippen LogP contribution in [0.15, 0.2) is 224 Å². The summed E-state index contributed by atoms with van der Waals surface area (Å²) in [5, 5.41) is 13.0. The maximum Gasteiger partial charge on any atom is 0.178 e. The quantitative estimate of drug-likeness (QED) is 0.166. The number of para-hydroxylation sites is 4. The van der Waals surface area contributed by atoms with Gasteiger partial charge in [0, 0.05) is 77.2 Å². The van der Waals surface area contributed by atoms with Crippen molar-refractivity contribution in [3.05, 3.63) is 217 Å². The second-order valence-corrected chi connectivity index (χ2v) is 18.6. The fraction of sp³-hybridized carbons (Fsp3) is 0.0312. The molecule has 0 N–H and O–H groups in total. The molecule has 70 heavy (non-hydrogen) atoms. The number of aryl methyl sites for hydroxylation is 2. The van der Waals surface area contributed by atoms with Crippen LogP contribution in [0.3, 0.4) is 0 Å². The van der Waals surface area contributed by atoms with Crippen LogP contribution in [0.5, 0.6) is 0 Å². The maximum atomic E-state index is 6.85. The molecule has 0 fully saturated rings. The molecule has 330 valence electrons. The van der Waals surface area contributed by atoms with E-state index in [2.05, 4.69) is 206 Å². The van der Waals surface area contributed by atoms with Crippen molar-refractivity contribution in [2.45, 2.75) is 13.8 Å². The number of nitrogens with zero attached hydrogens (tertiary/aromatic N) is 2. The lowest BCUT2D eigenvalue weighted by atomic mass is 10.0. The molecule has 4 heterocycles. The molecule has 6 heteroatoms. The van der Waals surface area contributed by atoms with Crippen LogP contribution in [0.25, 0.3) is 109 Å². The molecule has 0 amide bonds. The molecule has 0 aliphatic rings. The number of anilines is 6. The Morgan fingerprint density at radius 3 is 1.11 bits per heavy atom. The van der Waals surface area contributed by atoms with Crippen LogP contribution in [0.1, 0.15) is 11.1 Å². The Labute approximate surface area is 400 Å². The van der Waals surface area contributed by atoms with Crippen LogP contribution >= 0.6 is 0 Å². The van der Waals surface area contributed by atoms with Crippen molar-refractivity contribution in [2.24, 2.45) is 0 Å². The molecule has 15 aromatic rings. The molecule has 0 aliphatic heterocycles. The number of benzene rings is 11. The molecule has 0 atom stereocenters. The van der Waals surface area contributed by atoms with Gasteiger partial charge >= 0.3 is 0 Å². The zero-order valence-corrected chi connectivity index (χ0v) is 38.2. The molecule has 0 spiro atoms. The number of hydrogen-bond acceptors (Lipinski definition) is 6. The normalized spacial score (nSPS) is 12.1. The zero-order chi connectivity index (χ0) is 46.2. The monoisotopic (exact) mass is 900 g/mol. The van der Waals surface area contributed by atoms with Crippen molar-refractivity contribution in [3.8, 4) is 0 Å². The minimum absolute atomic E-state index is 0.749. The molecule has 4 aromatic heterocycles. The van der Waals surface area contributed by atoms with E-state index < -0.39 is 0 Å². The molecular formula is C64H40N2O4. The molecule has 11 aromatic carbocycles. The van der Waals surface area contributed by atoms with Crippen molar-refractivity contribution in [2.75, 3.05) is 9.80 Å². The highest BCUT2D eigenvalue weighted by atomic mass is 16.4. The van der Waals surface area contributed by atoms with Gasteiger partial charge in [0.2, 0.25) is 0 Å². The Kier molecular flexibility index (Phi) is 8.10. The van der Waals surface area contributed by atoms with E-state index in [0.29, 0.717) is 0 Å². The van der Waals surface area contributed by atoms with Gasteiger partial charge in [-0.3, -0.25) is 0 Å². The lowest BCUT2D eigenvalue weighted by Crippen LogP contribution is -2.11. The first-order valence-electron chi connectivity index (χ1n) is 23.7. The van der Waals surface area contributed by atoms with E-state index in [1.807, 2.05) is 24.3 Å². The Bertz CT molecular complexity index is 4370. The second kappa shape index (κ2) is 14.6. The van der Waals surface area contributed by atoms with Gasteiger partial charge in [0.1, 0.15) is 33.5 Å². The molecule has 0 saturated carbocycles. The van der Waals surface area contributed by atoms with Gasteiger partial charge in [0.15, 0.2) is 11.2 Å². The number of fused-ring (bicyclic) bond motifs is 15. The third-order valence-corrected chi connectivity index (χ3v) is 14.4. The molecule has 15 rings (SSSR count). The van der Waals surface area contributed by atoms with E-state index in [1.165, 1.54) is 11.1 Å². The topological polar surface area (TPSA) is 59.0 Å². The van der Waals surface area contributed by atoms with Crippen molar-refractivity contribution >= 4 is 143 Å². The first-order chi connectivity index (χ1) is 34.5. The highest BCUT2D eigenvalue weighted by Crippen LogP contribution is 2.46. The van der Waals surface area contributed by atoms with E-state index in [0.717, 1.165) is 143 Å². The van der Waals surface area contributed by atoms with E-state index in [9.17, 15) is 0 Å². The number of rotatable bonds is 6. The fourth-order valence-electron chi connectivity index (χ4n) is 11.0. The molecule has 0 bridgehead atoms. The van der Waals surface area contributed by atoms with Crippen molar-refractivity contribution in [1.82, 2.24) is 0 Å². The molecular weight excluding hydrogens is 861 g/mol. The second-order valence-electron chi connectivity index (χ2n) is 18.6. The summed E-state index contributed by atoms with van der Waals surface area (Å²) in [6.45, 7) is 4.33. The third kappa shape index (κ3) is 5.80. The largest absolute Gasteiger partial charge is 0.456 e. The van der Waals surface area contributed by atoms with Gasteiger partial charge in [-0.05, 0) is 168 Å². The minimum atomic E-state index is 0.749. The minimum Gasteiger partial charge on any atom is -0.456 e. The standard InChI is InChI=1S/C64H40N2O4/c1-37-11-3-7-15-55(37)65(45-23-27-59-53(35-45)47-13-5-9-17-57(47)67-59)43-21-19-39-31-51-49-25-26-50-52-32-40-20-22-44(30-42(40)34-62(52)70-64(50)63(49)69-61(51)33-41(39)29-43)66(56-16-8-4-12-38(56)2)46-24-28-60-54(36-46)48-14-6-10-18-58(48)68-60/h3-36H,1-2H3. The van der Waals surface area contributed by atoms with E-state index in [1.54, 1.807) is 0 Å². The lowest BCUT2D eigenvalue weighted by molar-refractivity contribution is 0.634. The van der Waals surface area contributed by atoms with Crippen LogP contribution in [0, 0.1) is 13.8 Å². The van der Waals surface area contributed by atoms with Gasteiger partial charge in [0.05, 0.1) is 0 Å². The summed E-state index contributed by atoms with van der Waals surface area (Å²) in [5.41, 5.74) is 15.4. The Morgan fingerprint density at radius 2 is 0.643 bits per heavy atom. The van der Waals surface area contributed by atoms with Crippen LogP contribution in [-0.2, 0) is 0 Å². The summed E-state index contributed by atoms with van der Waals surface area (Å²) in [4.78, 5) is 4.68. The first-order valence-corrected chi connectivity index (χ1v) is 23.7. The highest BCUT2D eigenvalue weighted by Gasteiger charge is 2.22. The Morgan fingerprint density at radius 1 is 0.257 bits per heavy atom. The van der Waals surface area contributed by atoms with Gasteiger partial charge in [-0.2, -0.15) is 0 Å². The fourth-order valence-corrected chi connectivity index (χ4v) is 11.0. The molecule has 0 unspecified atom stereocenters. The summed E-state index contributed by atoms with van der Waals surface area (Å²) in [6, 6.07) is 73.1. The SMILES string of the molecule is Cc1ccccc1N(c1ccc2cc3c(cc2c1)oc1c3ccc2c3cc4ccc(N(c5ccc6oc7ccccc7c6c5)c5ccccc5C)cc4cc3oc21)c1ccc2oc3ccccc3c2c1. The van der Waals surface area contributed by atoms with Crippen LogP contribution < -0.4 is 9.80 Å². The Balaban J connectivity index is 0.847. The maximum absolute atomic E-state index is 6.85. The van der Waals surface area contributed by atoms with E-state index in [4.69, 9.17) is 17.7 Å². The van der Waals surface area contributed by atoms with Crippen LogP contribution in [0.4, 0.5) is 34.1 Å². The summed E-state index contributed by atoms with van der Waals surface area (Å²) >= 11 is 0. The predicted molar refractivity (Wildman–Crippen MR) is 289 cm³/mol. The van der Waals surface area contributed by atoms with Gasteiger partial charge < -0.3 is 27.5 Å². The van der Waals surface area contributed by atoms with Gasteiger partial charge in [-0.1, -0.05) is 84.9 Å². The van der Waals surface area contributed by atoms with Gasteiger partial charge in [-0.15, -0.1) is 0 Å². The average molecular weight is 901 g/mol. The summed E-state index contributed by atoms with van der Waals surface area (Å²) in [6.07, 6.45) is 0. The van der Waals surface area contributed by atoms with Gasteiger partial charge in [-0.25, -0.2) is 0 Å². The van der Waals surface area contributed by atoms with Crippen molar-refractivity contribution in [3.63, 3.8) is 0 Å². The molecule has 0 radical (unpaired) electrons. The summed E-state index contributed by atoms with van der Waals surface area (Å²) < 4.78 is 26.2.